The predicted octanol–water partition coefficient (Wildman–Crippen LogP) is 2.55. The lowest BCUT2D eigenvalue weighted by molar-refractivity contribution is 0.122. The van der Waals surface area contributed by atoms with Crippen molar-refractivity contribution >= 4 is 17.5 Å². The number of halogens is 1. The molecule has 1 saturated heterocycles. The van der Waals surface area contributed by atoms with Gasteiger partial charge in [-0.25, -0.2) is 4.98 Å². The van der Waals surface area contributed by atoms with Gasteiger partial charge in [0.25, 0.3) is 0 Å². The molecule has 1 aliphatic heterocycles. The molecule has 2 aromatic rings. The van der Waals surface area contributed by atoms with Gasteiger partial charge in [-0.1, -0.05) is 23.7 Å². The summed E-state index contributed by atoms with van der Waals surface area (Å²) in [5.41, 5.74) is 1.02. The summed E-state index contributed by atoms with van der Waals surface area (Å²) in [5, 5.41) is 0.367. The van der Waals surface area contributed by atoms with Gasteiger partial charge in [0.1, 0.15) is 17.5 Å². The molecule has 0 aliphatic carbocycles. The van der Waals surface area contributed by atoms with E-state index in [1.165, 1.54) is 0 Å². The highest BCUT2D eigenvalue weighted by molar-refractivity contribution is 6.29. The summed E-state index contributed by atoms with van der Waals surface area (Å²) >= 11 is 6.08. The van der Waals surface area contributed by atoms with Crippen LogP contribution in [0.1, 0.15) is 5.56 Å². The van der Waals surface area contributed by atoms with E-state index in [-0.39, 0.29) is 0 Å². The van der Waals surface area contributed by atoms with Gasteiger partial charge in [0.15, 0.2) is 0 Å². The third kappa shape index (κ3) is 4.24. The summed E-state index contributed by atoms with van der Waals surface area (Å²) in [4.78, 5) is 10.7. The maximum atomic E-state index is 6.08. The van der Waals surface area contributed by atoms with E-state index in [1.807, 2.05) is 29.2 Å². The Morgan fingerprint density at radius 2 is 1.91 bits per heavy atom. The fourth-order valence-corrected chi connectivity index (χ4v) is 2.41. The van der Waals surface area contributed by atoms with Crippen LogP contribution in [0.4, 0.5) is 5.95 Å². The number of benzene rings is 1. The Bertz CT molecular complexity index is 646. The SMILES string of the molecule is COc1ccc(COc2cc(Cl)nc(N3CCOCC3)n2)cc1. The van der Waals surface area contributed by atoms with E-state index in [4.69, 9.17) is 25.8 Å². The van der Waals surface area contributed by atoms with Gasteiger partial charge in [-0.2, -0.15) is 4.98 Å². The van der Waals surface area contributed by atoms with E-state index < -0.39 is 0 Å². The Balaban J connectivity index is 1.68. The third-order valence-corrected chi connectivity index (χ3v) is 3.69. The summed E-state index contributed by atoms with van der Waals surface area (Å²) in [6, 6.07) is 9.31. The Morgan fingerprint density at radius 3 is 2.61 bits per heavy atom. The number of ether oxygens (including phenoxy) is 3. The number of hydrogen-bond donors (Lipinski definition) is 0. The molecule has 3 rings (SSSR count). The standard InChI is InChI=1S/C16H18ClN3O3/c1-21-13-4-2-12(3-5-13)11-23-15-10-14(17)18-16(19-15)20-6-8-22-9-7-20/h2-5,10H,6-9,11H2,1H3. The first-order chi connectivity index (χ1) is 11.2. The highest BCUT2D eigenvalue weighted by atomic mass is 35.5. The van der Waals surface area contributed by atoms with Gasteiger partial charge in [-0.15, -0.1) is 0 Å². The molecule has 0 N–H and O–H groups in total. The van der Waals surface area contributed by atoms with Crippen molar-refractivity contribution in [3.63, 3.8) is 0 Å². The molecule has 0 amide bonds. The van der Waals surface area contributed by atoms with E-state index in [0.29, 0.717) is 36.8 Å². The lowest BCUT2D eigenvalue weighted by Crippen LogP contribution is -2.37. The van der Waals surface area contributed by atoms with E-state index in [9.17, 15) is 0 Å². The smallest absolute Gasteiger partial charge is 0.230 e. The zero-order valence-corrected chi connectivity index (χ0v) is 13.6. The molecule has 2 heterocycles. The fraction of sp³-hybridized carbons (Fsp3) is 0.375. The number of nitrogens with zero attached hydrogens (tertiary/aromatic N) is 3. The van der Waals surface area contributed by atoms with Crippen molar-refractivity contribution in [2.45, 2.75) is 6.61 Å². The van der Waals surface area contributed by atoms with Crippen molar-refractivity contribution in [3.05, 3.63) is 41.0 Å². The monoisotopic (exact) mass is 335 g/mol. The molecule has 1 aromatic heterocycles. The quantitative estimate of drug-likeness (QED) is 0.783. The molecule has 0 unspecified atom stereocenters. The summed E-state index contributed by atoms with van der Waals surface area (Å²) in [5.74, 6) is 1.85. The van der Waals surface area contributed by atoms with Crippen LogP contribution >= 0.6 is 11.6 Å². The highest BCUT2D eigenvalue weighted by Gasteiger charge is 2.15. The number of methoxy groups -OCH3 is 1. The largest absolute Gasteiger partial charge is 0.497 e. The van der Waals surface area contributed by atoms with E-state index in [2.05, 4.69) is 9.97 Å². The summed E-state index contributed by atoms with van der Waals surface area (Å²) < 4.78 is 16.2. The van der Waals surface area contributed by atoms with E-state index >= 15 is 0 Å². The molecule has 1 aliphatic rings. The summed E-state index contributed by atoms with van der Waals surface area (Å²) in [6.45, 7) is 3.23. The van der Waals surface area contributed by atoms with Gasteiger partial charge in [0.2, 0.25) is 11.8 Å². The molecule has 0 radical (unpaired) electrons. The summed E-state index contributed by atoms with van der Waals surface area (Å²) in [7, 11) is 1.64. The predicted molar refractivity (Wildman–Crippen MR) is 87.4 cm³/mol. The Morgan fingerprint density at radius 1 is 1.17 bits per heavy atom. The highest BCUT2D eigenvalue weighted by Crippen LogP contribution is 2.21. The van der Waals surface area contributed by atoms with Gasteiger partial charge in [-0.05, 0) is 17.7 Å². The molecule has 0 atom stereocenters. The first kappa shape index (κ1) is 15.8. The molecule has 122 valence electrons. The van der Waals surface area contributed by atoms with Crippen molar-refractivity contribution in [3.8, 4) is 11.6 Å². The number of morpholine rings is 1. The van der Waals surface area contributed by atoms with Gasteiger partial charge < -0.3 is 19.1 Å². The molecule has 1 aromatic carbocycles. The Hall–Kier alpha value is -2.05. The van der Waals surface area contributed by atoms with Crippen LogP contribution in [0.2, 0.25) is 5.15 Å². The van der Waals surface area contributed by atoms with Crippen molar-refractivity contribution in [1.29, 1.82) is 0 Å². The van der Waals surface area contributed by atoms with Gasteiger partial charge in [0, 0.05) is 19.2 Å². The second-order valence-electron chi connectivity index (χ2n) is 5.07. The fourth-order valence-electron chi connectivity index (χ4n) is 2.24. The molecule has 7 heteroatoms. The molecular formula is C16H18ClN3O3. The first-order valence-corrected chi connectivity index (χ1v) is 7.75. The number of aromatic nitrogens is 2. The molecule has 0 saturated carbocycles. The summed E-state index contributed by atoms with van der Waals surface area (Å²) in [6.07, 6.45) is 0. The van der Waals surface area contributed by atoms with Crippen LogP contribution in [0.5, 0.6) is 11.6 Å². The molecule has 23 heavy (non-hydrogen) atoms. The van der Waals surface area contributed by atoms with Crippen LogP contribution in [0.15, 0.2) is 30.3 Å². The van der Waals surface area contributed by atoms with Crippen LogP contribution in [-0.2, 0) is 11.3 Å². The van der Waals surface area contributed by atoms with Crippen LogP contribution in [0.25, 0.3) is 0 Å². The van der Waals surface area contributed by atoms with Gasteiger partial charge in [0.05, 0.1) is 20.3 Å². The second-order valence-corrected chi connectivity index (χ2v) is 5.45. The molecule has 0 bridgehead atoms. The maximum absolute atomic E-state index is 6.08. The van der Waals surface area contributed by atoms with Crippen molar-refractivity contribution in [2.24, 2.45) is 0 Å². The van der Waals surface area contributed by atoms with Crippen LogP contribution in [0.3, 0.4) is 0 Å². The molecule has 6 nitrogen and oxygen atoms in total. The zero-order chi connectivity index (χ0) is 16.1. The molecule has 0 spiro atoms. The van der Waals surface area contributed by atoms with E-state index in [0.717, 1.165) is 24.4 Å². The normalized spacial score (nSPS) is 14.6. The van der Waals surface area contributed by atoms with Crippen LogP contribution < -0.4 is 14.4 Å². The number of hydrogen-bond acceptors (Lipinski definition) is 6. The number of anilines is 1. The third-order valence-electron chi connectivity index (χ3n) is 3.50. The molecular weight excluding hydrogens is 318 g/mol. The van der Waals surface area contributed by atoms with Crippen molar-refractivity contribution in [1.82, 2.24) is 9.97 Å². The number of rotatable bonds is 5. The zero-order valence-electron chi connectivity index (χ0n) is 12.9. The van der Waals surface area contributed by atoms with E-state index in [1.54, 1.807) is 13.2 Å². The van der Waals surface area contributed by atoms with Crippen LogP contribution in [-0.4, -0.2) is 43.4 Å². The minimum atomic E-state index is 0.367. The first-order valence-electron chi connectivity index (χ1n) is 7.37. The van der Waals surface area contributed by atoms with Crippen molar-refractivity contribution < 1.29 is 14.2 Å². The average molecular weight is 336 g/mol. The van der Waals surface area contributed by atoms with Crippen LogP contribution in [0, 0.1) is 0 Å². The lowest BCUT2D eigenvalue weighted by Gasteiger charge is -2.26. The van der Waals surface area contributed by atoms with Gasteiger partial charge >= 0.3 is 0 Å². The Labute approximate surface area is 140 Å². The maximum Gasteiger partial charge on any atom is 0.230 e. The lowest BCUT2D eigenvalue weighted by atomic mass is 10.2. The second kappa shape index (κ2) is 7.48. The minimum Gasteiger partial charge on any atom is -0.497 e. The minimum absolute atomic E-state index is 0.367. The Kier molecular flexibility index (Phi) is 5.15. The van der Waals surface area contributed by atoms with Gasteiger partial charge in [-0.3, -0.25) is 0 Å². The molecule has 1 fully saturated rings. The topological polar surface area (TPSA) is 56.7 Å². The van der Waals surface area contributed by atoms with Crippen molar-refractivity contribution in [2.75, 3.05) is 38.3 Å². The average Bonchev–Trinajstić information content (AvgIpc) is 2.61.